The summed E-state index contributed by atoms with van der Waals surface area (Å²) in [5, 5.41) is 0. The van der Waals surface area contributed by atoms with E-state index in [4.69, 9.17) is 10.5 Å². The zero-order valence-corrected chi connectivity index (χ0v) is 12.9. The van der Waals surface area contributed by atoms with E-state index in [1.165, 1.54) is 12.8 Å². The first-order chi connectivity index (χ1) is 9.63. The summed E-state index contributed by atoms with van der Waals surface area (Å²) in [5.74, 6) is 0.809. The number of ether oxygens (including phenoxy) is 1. The highest BCUT2D eigenvalue weighted by molar-refractivity contribution is 5.74. The highest BCUT2D eigenvalue weighted by Crippen LogP contribution is 2.34. The van der Waals surface area contributed by atoms with Crippen molar-refractivity contribution in [1.29, 1.82) is 0 Å². The summed E-state index contributed by atoms with van der Waals surface area (Å²) in [6.07, 6.45) is 3.37. The van der Waals surface area contributed by atoms with Gasteiger partial charge in [0.1, 0.15) is 5.75 Å². The van der Waals surface area contributed by atoms with Crippen LogP contribution in [-0.4, -0.2) is 44.7 Å². The summed E-state index contributed by atoms with van der Waals surface area (Å²) in [6.45, 7) is 5.12. The third kappa shape index (κ3) is 3.37. The van der Waals surface area contributed by atoms with Crippen LogP contribution < -0.4 is 15.4 Å². The van der Waals surface area contributed by atoms with Crippen LogP contribution in [0.25, 0.3) is 0 Å². The molecule has 0 atom stereocenters. The molecule has 1 aromatic rings. The molecule has 0 bridgehead atoms. The Balaban J connectivity index is 2.11. The van der Waals surface area contributed by atoms with E-state index in [0.29, 0.717) is 12.6 Å². The van der Waals surface area contributed by atoms with Crippen LogP contribution in [0.1, 0.15) is 26.2 Å². The second-order valence-electron chi connectivity index (χ2n) is 5.68. The van der Waals surface area contributed by atoms with Crippen molar-refractivity contribution in [3.05, 3.63) is 18.2 Å². The van der Waals surface area contributed by atoms with Crippen molar-refractivity contribution in [3.8, 4) is 5.75 Å². The van der Waals surface area contributed by atoms with Gasteiger partial charge in [0.2, 0.25) is 0 Å². The summed E-state index contributed by atoms with van der Waals surface area (Å²) < 4.78 is 5.72. The van der Waals surface area contributed by atoms with Gasteiger partial charge in [0.05, 0.1) is 18.0 Å². The van der Waals surface area contributed by atoms with Gasteiger partial charge in [0.25, 0.3) is 0 Å². The van der Waals surface area contributed by atoms with Gasteiger partial charge in [-0.2, -0.15) is 0 Å². The first-order valence-electron chi connectivity index (χ1n) is 7.56. The van der Waals surface area contributed by atoms with E-state index >= 15 is 0 Å². The van der Waals surface area contributed by atoms with Crippen LogP contribution >= 0.6 is 0 Å². The second kappa shape index (κ2) is 6.84. The number of anilines is 2. The molecule has 112 valence electrons. The number of benzene rings is 1. The Bertz CT molecular complexity index is 428. The molecule has 1 fully saturated rings. The maximum Gasteiger partial charge on any atom is 0.144 e. The van der Waals surface area contributed by atoms with Gasteiger partial charge in [-0.25, -0.2) is 0 Å². The van der Waals surface area contributed by atoms with Crippen LogP contribution in [0.15, 0.2) is 18.2 Å². The first-order valence-corrected chi connectivity index (χ1v) is 7.56. The molecule has 1 aliphatic rings. The van der Waals surface area contributed by atoms with Crippen molar-refractivity contribution in [2.75, 3.05) is 44.4 Å². The minimum absolute atomic E-state index is 0.565. The molecule has 0 spiro atoms. The van der Waals surface area contributed by atoms with E-state index in [1.807, 2.05) is 12.1 Å². The first kappa shape index (κ1) is 15.0. The quantitative estimate of drug-likeness (QED) is 0.840. The lowest BCUT2D eigenvalue weighted by atomic mass is 10.0. The maximum atomic E-state index is 6.28. The van der Waals surface area contributed by atoms with Crippen LogP contribution in [-0.2, 0) is 0 Å². The summed E-state index contributed by atoms with van der Waals surface area (Å²) in [6, 6.07) is 6.64. The molecule has 1 saturated heterocycles. The van der Waals surface area contributed by atoms with Gasteiger partial charge in [-0.05, 0) is 51.5 Å². The van der Waals surface area contributed by atoms with Gasteiger partial charge in [0.15, 0.2) is 0 Å². The lowest BCUT2D eigenvalue weighted by Gasteiger charge is -2.37. The molecule has 4 nitrogen and oxygen atoms in total. The molecule has 1 aliphatic heterocycles. The Morgan fingerprint density at radius 3 is 2.70 bits per heavy atom. The van der Waals surface area contributed by atoms with Crippen LogP contribution in [0.4, 0.5) is 11.4 Å². The third-order valence-corrected chi connectivity index (χ3v) is 4.12. The molecule has 2 rings (SSSR count). The summed E-state index contributed by atoms with van der Waals surface area (Å²) in [7, 11) is 4.33. The number of nitrogens with two attached hydrogens (primary N) is 1. The Hall–Kier alpha value is -1.42. The minimum atomic E-state index is 0.565. The van der Waals surface area contributed by atoms with Crippen molar-refractivity contribution in [3.63, 3.8) is 0 Å². The molecule has 1 aromatic carbocycles. The fraction of sp³-hybridized carbons (Fsp3) is 0.625. The summed E-state index contributed by atoms with van der Waals surface area (Å²) in [4.78, 5) is 4.70. The number of piperidine rings is 1. The summed E-state index contributed by atoms with van der Waals surface area (Å²) >= 11 is 0. The average Bonchev–Trinajstić information content (AvgIpc) is 2.46. The van der Waals surface area contributed by atoms with Crippen LogP contribution in [0, 0.1) is 0 Å². The van der Waals surface area contributed by atoms with Gasteiger partial charge in [-0.1, -0.05) is 13.0 Å². The van der Waals surface area contributed by atoms with Crippen molar-refractivity contribution in [2.24, 2.45) is 0 Å². The number of hydrogen-bond acceptors (Lipinski definition) is 4. The smallest absolute Gasteiger partial charge is 0.144 e. The Kier molecular flexibility index (Phi) is 5.12. The molecular weight excluding hydrogens is 250 g/mol. The monoisotopic (exact) mass is 277 g/mol. The molecular formula is C16H27N3O. The number of likely N-dealkylation sites (tertiary alicyclic amines) is 1. The fourth-order valence-corrected chi connectivity index (χ4v) is 2.76. The molecule has 20 heavy (non-hydrogen) atoms. The van der Waals surface area contributed by atoms with Gasteiger partial charge in [-0.3, -0.25) is 0 Å². The normalized spacial score (nSPS) is 17.1. The molecule has 2 N–H and O–H groups in total. The average molecular weight is 277 g/mol. The molecule has 0 unspecified atom stereocenters. The number of rotatable bonds is 5. The van der Waals surface area contributed by atoms with Gasteiger partial charge >= 0.3 is 0 Å². The van der Waals surface area contributed by atoms with E-state index < -0.39 is 0 Å². The van der Waals surface area contributed by atoms with Crippen molar-refractivity contribution < 1.29 is 4.74 Å². The van der Waals surface area contributed by atoms with Crippen molar-refractivity contribution >= 4 is 11.4 Å². The molecule has 0 aromatic heterocycles. The molecule has 0 radical (unpaired) electrons. The van der Waals surface area contributed by atoms with Crippen molar-refractivity contribution in [2.45, 2.75) is 32.2 Å². The standard InChI is InChI=1S/C16H27N3O/c1-4-12-20-15-7-5-6-14(16(15)17)19(3)13-8-10-18(2)11-9-13/h5-7,13H,4,8-12,17H2,1-3H3. The van der Waals surface area contributed by atoms with Crippen LogP contribution in [0.3, 0.4) is 0 Å². The van der Waals surface area contributed by atoms with E-state index in [9.17, 15) is 0 Å². The van der Waals surface area contributed by atoms with Crippen LogP contribution in [0.2, 0.25) is 0 Å². The fourth-order valence-electron chi connectivity index (χ4n) is 2.76. The predicted octanol–water partition coefficient (Wildman–Crippen LogP) is 2.59. The second-order valence-corrected chi connectivity index (χ2v) is 5.68. The largest absolute Gasteiger partial charge is 0.491 e. The Labute approximate surface area is 122 Å². The van der Waals surface area contributed by atoms with E-state index in [2.05, 4.69) is 36.9 Å². The zero-order valence-electron chi connectivity index (χ0n) is 12.9. The van der Waals surface area contributed by atoms with Gasteiger partial charge in [-0.15, -0.1) is 0 Å². The molecule has 1 heterocycles. The lowest BCUT2D eigenvalue weighted by molar-refractivity contribution is 0.253. The van der Waals surface area contributed by atoms with Gasteiger partial charge in [0, 0.05) is 13.1 Å². The van der Waals surface area contributed by atoms with Crippen molar-refractivity contribution in [1.82, 2.24) is 4.90 Å². The molecule has 0 amide bonds. The topological polar surface area (TPSA) is 41.7 Å². The van der Waals surface area contributed by atoms with Crippen LogP contribution in [0.5, 0.6) is 5.75 Å². The predicted molar refractivity (Wildman–Crippen MR) is 85.6 cm³/mol. The number of para-hydroxylation sites is 1. The molecule has 4 heteroatoms. The molecule has 0 aliphatic carbocycles. The van der Waals surface area contributed by atoms with E-state index in [1.54, 1.807) is 0 Å². The highest BCUT2D eigenvalue weighted by atomic mass is 16.5. The minimum Gasteiger partial charge on any atom is -0.491 e. The number of hydrogen-bond donors (Lipinski definition) is 1. The molecule has 0 saturated carbocycles. The van der Waals surface area contributed by atoms with Gasteiger partial charge < -0.3 is 20.3 Å². The maximum absolute atomic E-state index is 6.28. The summed E-state index contributed by atoms with van der Waals surface area (Å²) in [5.41, 5.74) is 8.14. The zero-order chi connectivity index (χ0) is 14.5. The Morgan fingerprint density at radius 2 is 2.05 bits per heavy atom. The lowest BCUT2D eigenvalue weighted by Crippen LogP contribution is -2.42. The number of nitrogens with zero attached hydrogens (tertiary/aromatic N) is 2. The van der Waals surface area contributed by atoms with E-state index in [0.717, 1.165) is 36.6 Å². The SMILES string of the molecule is CCCOc1cccc(N(C)C2CCN(C)CC2)c1N. The Morgan fingerprint density at radius 1 is 1.35 bits per heavy atom. The van der Waals surface area contributed by atoms with E-state index in [-0.39, 0.29) is 0 Å². The highest BCUT2D eigenvalue weighted by Gasteiger charge is 2.22. The third-order valence-electron chi connectivity index (χ3n) is 4.12. The number of nitrogen functional groups attached to an aromatic ring is 1.